The van der Waals surface area contributed by atoms with Crippen LogP contribution < -0.4 is 18.9 Å². The molecule has 0 bridgehead atoms. The Balaban J connectivity index is 1.79. The van der Waals surface area contributed by atoms with Crippen LogP contribution in [0.3, 0.4) is 0 Å². The number of benzene rings is 2. The minimum Gasteiger partial charge on any atom is -0.493 e. The van der Waals surface area contributed by atoms with E-state index in [1.165, 1.54) is 6.92 Å². The summed E-state index contributed by atoms with van der Waals surface area (Å²) >= 11 is 0. The van der Waals surface area contributed by atoms with Crippen LogP contribution >= 0.6 is 0 Å². The van der Waals surface area contributed by atoms with Crippen molar-refractivity contribution in [2.24, 2.45) is 5.16 Å². The average molecular weight is 383 g/mol. The van der Waals surface area contributed by atoms with Crippen LogP contribution in [0.1, 0.15) is 36.0 Å². The number of carbonyl (C=O) groups excluding carboxylic acids is 1. The summed E-state index contributed by atoms with van der Waals surface area (Å²) in [7, 11) is 3.21. The van der Waals surface area contributed by atoms with Gasteiger partial charge in [0.1, 0.15) is 0 Å². The summed E-state index contributed by atoms with van der Waals surface area (Å²) in [5.74, 6) is 2.17. The number of ether oxygens (including phenoxy) is 4. The van der Waals surface area contributed by atoms with E-state index in [2.05, 4.69) is 5.16 Å². The van der Waals surface area contributed by atoms with E-state index in [0.717, 1.165) is 35.3 Å². The van der Waals surface area contributed by atoms with Gasteiger partial charge in [0.25, 0.3) is 0 Å². The van der Waals surface area contributed by atoms with Gasteiger partial charge in [-0.05, 0) is 48.2 Å². The zero-order valence-electron chi connectivity index (χ0n) is 16.0. The minimum absolute atomic E-state index is 0.0629. The highest BCUT2D eigenvalue weighted by atomic mass is 16.7. The van der Waals surface area contributed by atoms with Crippen molar-refractivity contribution in [3.8, 4) is 23.0 Å². The number of hydrogen-bond acceptors (Lipinski definition) is 7. The Morgan fingerprint density at radius 3 is 2.54 bits per heavy atom. The highest BCUT2D eigenvalue weighted by Gasteiger charge is 2.31. The van der Waals surface area contributed by atoms with Gasteiger partial charge in [0.2, 0.25) is 6.79 Å². The van der Waals surface area contributed by atoms with Crippen LogP contribution in [-0.2, 0) is 16.1 Å². The van der Waals surface area contributed by atoms with Gasteiger partial charge in [-0.3, -0.25) is 0 Å². The Bertz CT molecular complexity index is 952. The molecule has 0 amide bonds. The molecule has 28 heavy (non-hydrogen) atoms. The molecule has 1 aliphatic heterocycles. The number of carbonyl (C=O) groups is 1. The molecule has 1 heterocycles. The number of oxime groups is 1. The second-order valence-corrected chi connectivity index (χ2v) is 6.63. The van der Waals surface area contributed by atoms with Gasteiger partial charge in [-0.25, -0.2) is 4.79 Å². The van der Waals surface area contributed by atoms with Gasteiger partial charge in [-0.2, -0.15) is 0 Å². The van der Waals surface area contributed by atoms with Gasteiger partial charge in [0.05, 0.1) is 19.9 Å². The average Bonchev–Trinajstić information content (AvgIpc) is 3.17. The molecule has 2 aromatic carbocycles. The molecule has 0 unspecified atom stereocenters. The summed E-state index contributed by atoms with van der Waals surface area (Å²) < 4.78 is 21.8. The molecule has 7 heteroatoms. The molecule has 146 valence electrons. The van der Waals surface area contributed by atoms with Gasteiger partial charge in [0.15, 0.2) is 23.0 Å². The monoisotopic (exact) mass is 383 g/mol. The van der Waals surface area contributed by atoms with E-state index in [4.69, 9.17) is 23.8 Å². The first kappa shape index (κ1) is 18.2. The Morgan fingerprint density at radius 2 is 1.82 bits per heavy atom. The summed E-state index contributed by atoms with van der Waals surface area (Å²) in [5.41, 5.74) is 3.68. The number of hydrogen-bond donors (Lipinski definition) is 0. The standard InChI is InChI=1S/C21H21NO6/c1-12(23)28-22-21-15(13-5-7-17(24-2)18(8-13)25-3)6-4-14-9-19-20(10-16(14)21)27-11-26-19/h5,7-10,15H,4,6,11H2,1-3H3/b22-21-/t15-/m1/s1. The number of rotatable bonds is 4. The molecule has 1 aliphatic carbocycles. The summed E-state index contributed by atoms with van der Waals surface area (Å²) in [6.07, 6.45) is 1.65. The third kappa shape index (κ3) is 3.24. The number of nitrogens with zero attached hydrogens (tertiary/aromatic N) is 1. The van der Waals surface area contributed by atoms with Crippen molar-refractivity contribution >= 4 is 11.7 Å². The van der Waals surface area contributed by atoms with Gasteiger partial charge in [-0.1, -0.05) is 11.2 Å². The van der Waals surface area contributed by atoms with Crippen molar-refractivity contribution in [2.45, 2.75) is 25.7 Å². The normalized spacial score (nSPS) is 18.5. The molecule has 0 N–H and O–H groups in total. The van der Waals surface area contributed by atoms with Gasteiger partial charge in [-0.15, -0.1) is 0 Å². The first-order valence-corrected chi connectivity index (χ1v) is 9.01. The van der Waals surface area contributed by atoms with E-state index in [1.807, 2.05) is 30.3 Å². The summed E-state index contributed by atoms with van der Waals surface area (Å²) in [6.45, 7) is 1.53. The zero-order valence-corrected chi connectivity index (χ0v) is 16.0. The fourth-order valence-corrected chi connectivity index (χ4v) is 3.67. The molecular weight excluding hydrogens is 362 g/mol. The molecule has 7 nitrogen and oxygen atoms in total. The van der Waals surface area contributed by atoms with E-state index < -0.39 is 5.97 Å². The maximum absolute atomic E-state index is 11.4. The summed E-state index contributed by atoms with van der Waals surface area (Å²) in [6, 6.07) is 9.67. The Hall–Kier alpha value is -3.22. The molecule has 0 saturated carbocycles. The van der Waals surface area contributed by atoms with Gasteiger partial charge in [0, 0.05) is 18.4 Å². The van der Waals surface area contributed by atoms with Crippen molar-refractivity contribution in [2.75, 3.05) is 21.0 Å². The summed E-state index contributed by atoms with van der Waals surface area (Å²) in [4.78, 5) is 16.4. The van der Waals surface area contributed by atoms with Crippen LogP contribution in [0.4, 0.5) is 0 Å². The fourth-order valence-electron chi connectivity index (χ4n) is 3.67. The van der Waals surface area contributed by atoms with E-state index >= 15 is 0 Å². The number of fused-ring (bicyclic) bond motifs is 2. The largest absolute Gasteiger partial charge is 0.493 e. The van der Waals surface area contributed by atoms with E-state index in [9.17, 15) is 4.79 Å². The van der Waals surface area contributed by atoms with Crippen LogP contribution in [-0.4, -0.2) is 32.7 Å². The maximum Gasteiger partial charge on any atom is 0.331 e. The predicted molar refractivity (Wildman–Crippen MR) is 101 cm³/mol. The first-order chi connectivity index (χ1) is 13.6. The van der Waals surface area contributed by atoms with Crippen molar-refractivity contribution in [1.29, 1.82) is 0 Å². The lowest BCUT2D eigenvalue weighted by Gasteiger charge is -2.27. The Kier molecular flexibility index (Phi) is 4.81. The SMILES string of the molecule is COc1ccc([C@H]2CCc3cc4c(cc3/C2=N\OC(C)=O)OCO4)cc1OC. The van der Waals surface area contributed by atoms with Crippen LogP contribution in [0.2, 0.25) is 0 Å². The third-order valence-corrected chi connectivity index (χ3v) is 4.99. The van der Waals surface area contributed by atoms with Crippen molar-refractivity contribution in [1.82, 2.24) is 0 Å². The van der Waals surface area contributed by atoms with Crippen molar-refractivity contribution < 1.29 is 28.6 Å². The fraction of sp³-hybridized carbons (Fsp3) is 0.333. The molecule has 0 fully saturated rings. The molecule has 0 radical (unpaired) electrons. The van der Waals surface area contributed by atoms with Crippen molar-refractivity contribution in [3.05, 3.63) is 47.0 Å². The Labute approximate surface area is 162 Å². The number of methoxy groups -OCH3 is 2. The van der Waals surface area contributed by atoms with Crippen LogP contribution in [0, 0.1) is 0 Å². The second kappa shape index (κ2) is 7.42. The molecule has 2 aliphatic rings. The van der Waals surface area contributed by atoms with Crippen molar-refractivity contribution in [3.63, 3.8) is 0 Å². The van der Waals surface area contributed by atoms with Gasteiger partial charge < -0.3 is 23.8 Å². The highest BCUT2D eigenvalue weighted by Crippen LogP contribution is 2.42. The van der Waals surface area contributed by atoms with Crippen LogP contribution in [0.25, 0.3) is 0 Å². The highest BCUT2D eigenvalue weighted by molar-refractivity contribution is 6.07. The minimum atomic E-state index is -0.466. The van der Waals surface area contributed by atoms with Crippen LogP contribution in [0.5, 0.6) is 23.0 Å². The predicted octanol–water partition coefficient (Wildman–Crippen LogP) is 3.43. The third-order valence-electron chi connectivity index (χ3n) is 4.99. The zero-order chi connectivity index (χ0) is 19.7. The molecule has 2 aromatic rings. The second-order valence-electron chi connectivity index (χ2n) is 6.63. The molecule has 0 saturated heterocycles. The van der Waals surface area contributed by atoms with E-state index in [-0.39, 0.29) is 12.7 Å². The molecule has 0 spiro atoms. The van der Waals surface area contributed by atoms with Gasteiger partial charge >= 0.3 is 5.97 Å². The maximum atomic E-state index is 11.4. The lowest BCUT2D eigenvalue weighted by atomic mass is 9.78. The first-order valence-electron chi connectivity index (χ1n) is 9.01. The Morgan fingerprint density at radius 1 is 1.07 bits per heavy atom. The smallest absolute Gasteiger partial charge is 0.331 e. The quantitative estimate of drug-likeness (QED) is 0.595. The topological polar surface area (TPSA) is 75.6 Å². The molecule has 1 atom stereocenters. The van der Waals surface area contributed by atoms with E-state index in [1.54, 1.807) is 14.2 Å². The summed E-state index contributed by atoms with van der Waals surface area (Å²) in [5, 5.41) is 4.20. The molecule has 0 aromatic heterocycles. The lowest BCUT2D eigenvalue weighted by molar-refractivity contribution is -0.140. The lowest BCUT2D eigenvalue weighted by Crippen LogP contribution is -2.23. The van der Waals surface area contributed by atoms with E-state index in [0.29, 0.717) is 23.0 Å². The molecular formula is C21H21NO6. The molecule has 4 rings (SSSR count). The van der Waals surface area contributed by atoms with Crippen LogP contribution in [0.15, 0.2) is 35.5 Å². The number of aryl methyl sites for hydroxylation is 1.